The van der Waals surface area contributed by atoms with Crippen LogP contribution in [-0.2, 0) is 13.0 Å². The van der Waals surface area contributed by atoms with E-state index in [1.807, 2.05) is 19.1 Å². The summed E-state index contributed by atoms with van der Waals surface area (Å²) in [5.74, 6) is 2.00. The number of rotatable bonds is 8. The Kier molecular flexibility index (Phi) is 5.42. The van der Waals surface area contributed by atoms with Crippen molar-refractivity contribution < 1.29 is 4.52 Å². The fourth-order valence-corrected chi connectivity index (χ4v) is 3.11. The molecule has 0 radical (unpaired) electrons. The molecule has 0 aliphatic heterocycles. The van der Waals surface area contributed by atoms with Gasteiger partial charge in [-0.15, -0.1) is 5.10 Å². The van der Waals surface area contributed by atoms with Crippen LogP contribution in [0.1, 0.15) is 25.7 Å². The van der Waals surface area contributed by atoms with Gasteiger partial charge in [0.25, 0.3) is 0 Å². The summed E-state index contributed by atoms with van der Waals surface area (Å²) in [5.41, 5.74) is 0.729. The van der Waals surface area contributed by atoms with Crippen LogP contribution < -0.4 is 5.69 Å². The van der Waals surface area contributed by atoms with E-state index in [0.29, 0.717) is 24.7 Å². The van der Waals surface area contributed by atoms with Crippen molar-refractivity contribution in [3.8, 4) is 11.4 Å². The highest BCUT2D eigenvalue weighted by molar-refractivity contribution is 7.99. The fraction of sp³-hybridized carbons (Fsp3) is 0.400. The Balaban J connectivity index is 1.51. The Morgan fingerprint density at radius 1 is 1.33 bits per heavy atom. The van der Waals surface area contributed by atoms with E-state index in [1.54, 1.807) is 28.7 Å². The van der Waals surface area contributed by atoms with Gasteiger partial charge in [0.1, 0.15) is 0 Å². The molecule has 0 atom stereocenters. The Morgan fingerprint density at radius 3 is 2.96 bits per heavy atom. The third-order valence-electron chi connectivity index (χ3n) is 3.34. The van der Waals surface area contributed by atoms with Crippen LogP contribution in [0, 0.1) is 0 Å². The van der Waals surface area contributed by atoms with Crippen molar-refractivity contribution in [2.75, 3.05) is 5.75 Å². The molecule has 0 amide bonds. The van der Waals surface area contributed by atoms with Crippen LogP contribution in [0.15, 0.2) is 39.0 Å². The molecular weight excluding hydrogens is 328 g/mol. The standard InChI is InChI=1S/C15H18N6O2S/c1-2-9-21-14(22)18-19-15(21)24-10-3-4-12-17-13(20-23-12)11-5-7-16-8-6-11/h5-8H,2-4,9-10H2,1H3,(H,18,22). The topological polar surface area (TPSA) is 102 Å². The molecule has 3 rings (SSSR count). The van der Waals surface area contributed by atoms with Gasteiger partial charge in [0.05, 0.1) is 0 Å². The van der Waals surface area contributed by atoms with Crippen LogP contribution >= 0.6 is 11.8 Å². The lowest BCUT2D eigenvalue weighted by atomic mass is 10.2. The molecule has 0 aromatic carbocycles. The van der Waals surface area contributed by atoms with E-state index in [4.69, 9.17) is 4.52 Å². The predicted molar refractivity (Wildman–Crippen MR) is 89.7 cm³/mol. The predicted octanol–water partition coefficient (Wildman–Crippen LogP) is 2.15. The van der Waals surface area contributed by atoms with Gasteiger partial charge >= 0.3 is 5.69 Å². The number of aromatic amines is 1. The van der Waals surface area contributed by atoms with E-state index in [9.17, 15) is 4.79 Å². The zero-order valence-electron chi connectivity index (χ0n) is 13.3. The molecule has 0 aliphatic carbocycles. The van der Waals surface area contributed by atoms with Gasteiger partial charge in [-0.25, -0.2) is 9.89 Å². The molecule has 126 valence electrons. The zero-order valence-corrected chi connectivity index (χ0v) is 14.1. The number of thioether (sulfide) groups is 1. The summed E-state index contributed by atoms with van der Waals surface area (Å²) in [5, 5.41) is 11.3. The summed E-state index contributed by atoms with van der Waals surface area (Å²) >= 11 is 1.55. The van der Waals surface area contributed by atoms with Crippen LogP contribution in [0.4, 0.5) is 0 Å². The number of pyridine rings is 1. The molecular formula is C15H18N6O2S. The average Bonchev–Trinajstić information content (AvgIpc) is 3.21. The summed E-state index contributed by atoms with van der Waals surface area (Å²) in [6, 6.07) is 3.68. The second-order valence-corrected chi connectivity index (χ2v) is 6.22. The molecule has 3 heterocycles. The number of hydrogen-bond acceptors (Lipinski definition) is 7. The largest absolute Gasteiger partial charge is 0.343 e. The molecule has 0 unspecified atom stereocenters. The second-order valence-electron chi connectivity index (χ2n) is 5.16. The number of aromatic nitrogens is 6. The van der Waals surface area contributed by atoms with E-state index < -0.39 is 0 Å². The molecule has 3 aromatic heterocycles. The van der Waals surface area contributed by atoms with Crippen molar-refractivity contribution in [1.82, 2.24) is 29.9 Å². The third-order valence-corrected chi connectivity index (χ3v) is 4.41. The van der Waals surface area contributed by atoms with Gasteiger partial charge in [-0.1, -0.05) is 23.8 Å². The highest BCUT2D eigenvalue weighted by atomic mass is 32.2. The van der Waals surface area contributed by atoms with E-state index in [2.05, 4.69) is 25.3 Å². The van der Waals surface area contributed by atoms with Crippen molar-refractivity contribution in [3.63, 3.8) is 0 Å². The Morgan fingerprint density at radius 2 is 2.17 bits per heavy atom. The Bertz CT molecular complexity index is 826. The maximum atomic E-state index is 11.6. The second kappa shape index (κ2) is 7.91. The van der Waals surface area contributed by atoms with Gasteiger partial charge in [0.2, 0.25) is 11.7 Å². The summed E-state index contributed by atoms with van der Waals surface area (Å²) < 4.78 is 6.94. The van der Waals surface area contributed by atoms with Crippen LogP contribution in [-0.4, -0.2) is 35.6 Å². The molecule has 0 aliphatic rings. The van der Waals surface area contributed by atoms with E-state index in [0.717, 1.165) is 29.3 Å². The first-order valence-electron chi connectivity index (χ1n) is 7.79. The number of nitrogens with zero attached hydrogens (tertiary/aromatic N) is 5. The quantitative estimate of drug-likeness (QED) is 0.492. The lowest BCUT2D eigenvalue weighted by molar-refractivity contribution is 0.378. The highest BCUT2D eigenvalue weighted by Gasteiger charge is 2.10. The first kappa shape index (κ1) is 16.4. The lowest BCUT2D eigenvalue weighted by Gasteiger charge is -2.02. The van der Waals surface area contributed by atoms with Crippen LogP contribution in [0.25, 0.3) is 11.4 Å². The van der Waals surface area contributed by atoms with Gasteiger partial charge in [-0.05, 0) is 25.0 Å². The Hall–Kier alpha value is -2.42. The lowest BCUT2D eigenvalue weighted by Crippen LogP contribution is -2.17. The van der Waals surface area contributed by atoms with E-state index in [1.165, 1.54) is 0 Å². The molecule has 24 heavy (non-hydrogen) atoms. The molecule has 0 saturated heterocycles. The van der Waals surface area contributed by atoms with Crippen LogP contribution in [0.2, 0.25) is 0 Å². The third kappa shape index (κ3) is 3.91. The maximum absolute atomic E-state index is 11.6. The number of hydrogen-bond donors (Lipinski definition) is 1. The number of H-pyrrole nitrogens is 1. The molecule has 0 saturated carbocycles. The van der Waals surface area contributed by atoms with Crippen LogP contribution in [0.5, 0.6) is 0 Å². The minimum absolute atomic E-state index is 0.154. The molecule has 1 N–H and O–H groups in total. The smallest absolute Gasteiger partial charge is 0.339 e. The molecule has 0 bridgehead atoms. The molecule has 0 spiro atoms. The van der Waals surface area contributed by atoms with E-state index in [-0.39, 0.29) is 5.69 Å². The van der Waals surface area contributed by atoms with Crippen molar-refractivity contribution in [2.24, 2.45) is 0 Å². The van der Waals surface area contributed by atoms with Gasteiger partial charge in [-0.3, -0.25) is 9.55 Å². The first-order chi connectivity index (χ1) is 11.8. The van der Waals surface area contributed by atoms with Gasteiger partial charge in [-0.2, -0.15) is 4.98 Å². The minimum atomic E-state index is -0.154. The summed E-state index contributed by atoms with van der Waals surface area (Å²) in [6.07, 6.45) is 5.83. The highest BCUT2D eigenvalue weighted by Crippen LogP contribution is 2.17. The van der Waals surface area contributed by atoms with E-state index >= 15 is 0 Å². The van der Waals surface area contributed by atoms with Crippen molar-refractivity contribution >= 4 is 11.8 Å². The zero-order chi connectivity index (χ0) is 16.8. The normalized spacial score (nSPS) is 11.0. The monoisotopic (exact) mass is 346 g/mol. The minimum Gasteiger partial charge on any atom is -0.339 e. The van der Waals surface area contributed by atoms with Crippen LogP contribution in [0.3, 0.4) is 0 Å². The molecule has 3 aromatic rings. The SMILES string of the molecule is CCCn1c(SCCCc2nc(-c3ccncc3)no2)n[nH]c1=O. The Labute approximate surface area is 142 Å². The molecule has 9 heteroatoms. The summed E-state index contributed by atoms with van der Waals surface area (Å²) in [6.45, 7) is 2.71. The average molecular weight is 346 g/mol. The van der Waals surface area contributed by atoms with Gasteiger partial charge < -0.3 is 4.52 Å². The molecule has 8 nitrogen and oxygen atoms in total. The fourth-order valence-electron chi connectivity index (χ4n) is 2.20. The maximum Gasteiger partial charge on any atom is 0.343 e. The summed E-state index contributed by atoms with van der Waals surface area (Å²) in [7, 11) is 0. The molecule has 0 fully saturated rings. The van der Waals surface area contributed by atoms with Crippen molar-refractivity contribution in [1.29, 1.82) is 0 Å². The van der Waals surface area contributed by atoms with Gasteiger partial charge in [0, 0.05) is 36.7 Å². The number of aryl methyl sites for hydroxylation is 1. The van der Waals surface area contributed by atoms with Crippen molar-refractivity contribution in [3.05, 3.63) is 40.9 Å². The summed E-state index contributed by atoms with van der Waals surface area (Å²) in [4.78, 5) is 20.0. The van der Waals surface area contributed by atoms with Crippen molar-refractivity contribution in [2.45, 2.75) is 37.9 Å². The first-order valence-corrected chi connectivity index (χ1v) is 8.77. The number of nitrogens with one attached hydrogen (secondary N) is 1. The van der Waals surface area contributed by atoms with Gasteiger partial charge in [0.15, 0.2) is 5.16 Å².